The number of carbonyl (C=O) groups is 2. The zero-order valence-corrected chi connectivity index (χ0v) is 13.3. The van der Waals surface area contributed by atoms with Crippen LogP contribution in [0.25, 0.3) is 0 Å². The minimum absolute atomic E-state index is 0.417. The molecule has 0 spiro atoms. The molecular formula is C19H20O4. The topological polar surface area (TPSA) is 52.6 Å². The first-order chi connectivity index (χ1) is 11.1. The van der Waals surface area contributed by atoms with Crippen molar-refractivity contribution in [3.63, 3.8) is 0 Å². The maximum Gasteiger partial charge on any atom is 0.338 e. The molecule has 2 aromatic carbocycles. The molecule has 2 unspecified atom stereocenters. The summed E-state index contributed by atoms with van der Waals surface area (Å²) in [5, 5.41) is 0. The van der Waals surface area contributed by atoms with Crippen molar-refractivity contribution in [1.29, 1.82) is 0 Å². The van der Waals surface area contributed by atoms with Gasteiger partial charge in [0, 0.05) is 0 Å². The van der Waals surface area contributed by atoms with Gasteiger partial charge in [0.05, 0.1) is 11.1 Å². The van der Waals surface area contributed by atoms with Gasteiger partial charge in [-0.1, -0.05) is 43.3 Å². The lowest BCUT2D eigenvalue weighted by Gasteiger charge is -2.23. The zero-order chi connectivity index (χ0) is 16.7. The third-order valence-corrected chi connectivity index (χ3v) is 3.50. The number of hydrogen-bond donors (Lipinski definition) is 0. The maximum absolute atomic E-state index is 12.1. The number of carbonyl (C=O) groups excluding carboxylic acids is 2. The molecule has 0 saturated carbocycles. The lowest BCUT2D eigenvalue weighted by Crippen LogP contribution is -2.32. The summed E-state index contributed by atoms with van der Waals surface area (Å²) < 4.78 is 10.9. The van der Waals surface area contributed by atoms with Gasteiger partial charge in [-0.2, -0.15) is 0 Å². The Morgan fingerprint density at radius 1 is 0.826 bits per heavy atom. The molecule has 0 radical (unpaired) electrons. The number of rotatable bonds is 6. The molecular weight excluding hydrogens is 292 g/mol. The lowest BCUT2D eigenvalue weighted by molar-refractivity contribution is -0.0309. The van der Waals surface area contributed by atoms with Crippen LogP contribution in [-0.2, 0) is 9.47 Å². The smallest absolute Gasteiger partial charge is 0.338 e. The molecule has 2 atom stereocenters. The van der Waals surface area contributed by atoms with Gasteiger partial charge in [0.2, 0.25) is 0 Å². The maximum atomic E-state index is 12.1. The van der Waals surface area contributed by atoms with Crippen molar-refractivity contribution in [2.24, 2.45) is 0 Å². The van der Waals surface area contributed by atoms with Gasteiger partial charge in [0.1, 0.15) is 12.2 Å². The summed E-state index contributed by atoms with van der Waals surface area (Å²) in [6.07, 6.45) is -0.460. The molecule has 0 saturated heterocycles. The fourth-order valence-electron chi connectivity index (χ4n) is 2.18. The molecule has 2 aromatic rings. The van der Waals surface area contributed by atoms with Crippen LogP contribution >= 0.6 is 0 Å². The first kappa shape index (κ1) is 16.7. The van der Waals surface area contributed by atoms with Gasteiger partial charge in [-0.3, -0.25) is 0 Å². The number of hydrogen-bond acceptors (Lipinski definition) is 4. The molecule has 2 rings (SSSR count). The standard InChI is InChI=1S/C19H20O4/c1-3-17(23-19(21)16-12-8-5-9-13-16)14(2)22-18(20)15-10-6-4-7-11-15/h4-14,17H,3H2,1-2H3. The average molecular weight is 312 g/mol. The van der Waals surface area contributed by atoms with E-state index in [2.05, 4.69) is 0 Å². The van der Waals surface area contributed by atoms with E-state index in [4.69, 9.17) is 9.47 Å². The molecule has 0 N–H and O–H groups in total. The molecule has 0 aromatic heterocycles. The van der Waals surface area contributed by atoms with Gasteiger partial charge in [-0.25, -0.2) is 9.59 Å². The third-order valence-electron chi connectivity index (χ3n) is 3.50. The molecule has 0 amide bonds. The Hall–Kier alpha value is -2.62. The van der Waals surface area contributed by atoms with Crippen LogP contribution in [-0.4, -0.2) is 24.1 Å². The second kappa shape index (κ2) is 8.13. The van der Waals surface area contributed by atoms with E-state index in [1.165, 1.54) is 0 Å². The summed E-state index contributed by atoms with van der Waals surface area (Å²) in [6.45, 7) is 3.61. The molecule has 4 nitrogen and oxygen atoms in total. The summed E-state index contributed by atoms with van der Waals surface area (Å²) in [6, 6.07) is 17.5. The Bertz CT molecular complexity index is 637. The normalized spacial score (nSPS) is 13.0. The van der Waals surface area contributed by atoms with Crippen molar-refractivity contribution in [3.05, 3.63) is 71.8 Å². The highest BCUT2D eigenvalue weighted by Crippen LogP contribution is 2.14. The van der Waals surface area contributed by atoms with Crippen molar-refractivity contribution >= 4 is 11.9 Å². The highest BCUT2D eigenvalue weighted by Gasteiger charge is 2.24. The van der Waals surface area contributed by atoms with Crippen LogP contribution in [0.2, 0.25) is 0 Å². The van der Waals surface area contributed by atoms with Crippen LogP contribution in [0.15, 0.2) is 60.7 Å². The Balaban J connectivity index is 1.97. The van der Waals surface area contributed by atoms with Gasteiger partial charge in [0.25, 0.3) is 0 Å². The van der Waals surface area contributed by atoms with E-state index >= 15 is 0 Å². The molecule has 0 heterocycles. The first-order valence-corrected chi connectivity index (χ1v) is 7.64. The molecule has 23 heavy (non-hydrogen) atoms. The van der Waals surface area contributed by atoms with E-state index in [1.54, 1.807) is 55.5 Å². The van der Waals surface area contributed by atoms with Crippen molar-refractivity contribution in [3.8, 4) is 0 Å². The summed E-state index contributed by atoms with van der Waals surface area (Å²) in [7, 11) is 0. The van der Waals surface area contributed by atoms with Crippen LogP contribution in [0.5, 0.6) is 0 Å². The zero-order valence-electron chi connectivity index (χ0n) is 13.3. The number of benzene rings is 2. The minimum atomic E-state index is -0.527. The molecule has 120 valence electrons. The number of ether oxygens (including phenoxy) is 2. The molecule has 0 bridgehead atoms. The molecule has 0 aliphatic heterocycles. The fraction of sp³-hybridized carbons (Fsp3) is 0.263. The van der Waals surface area contributed by atoms with Crippen LogP contribution in [0.4, 0.5) is 0 Å². The first-order valence-electron chi connectivity index (χ1n) is 7.64. The third kappa shape index (κ3) is 4.68. The Kier molecular flexibility index (Phi) is 5.92. The monoisotopic (exact) mass is 312 g/mol. The molecule has 0 fully saturated rings. The summed E-state index contributed by atoms with van der Waals surface area (Å²) >= 11 is 0. The quantitative estimate of drug-likeness (QED) is 0.760. The minimum Gasteiger partial charge on any atom is -0.455 e. The molecule has 0 aliphatic rings. The Morgan fingerprint density at radius 3 is 1.70 bits per heavy atom. The fourth-order valence-corrected chi connectivity index (χ4v) is 2.18. The highest BCUT2D eigenvalue weighted by atomic mass is 16.6. The van der Waals surface area contributed by atoms with E-state index in [0.29, 0.717) is 17.5 Å². The van der Waals surface area contributed by atoms with Crippen LogP contribution in [0.1, 0.15) is 41.0 Å². The Morgan fingerprint density at radius 2 is 1.26 bits per heavy atom. The van der Waals surface area contributed by atoms with Gasteiger partial charge < -0.3 is 9.47 Å². The molecule has 4 heteroatoms. The van der Waals surface area contributed by atoms with E-state index in [0.717, 1.165) is 0 Å². The van der Waals surface area contributed by atoms with Gasteiger partial charge in [0.15, 0.2) is 0 Å². The van der Waals surface area contributed by atoms with Crippen molar-refractivity contribution in [1.82, 2.24) is 0 Å². The highest BCUT2D eigenvalue weighted by molar-refractivity contribution is 5.90. The van der Waals surface area contributed by atoms with Gasteiger partial charge in [-0.15, -0.1) is 0 Å². The van der Waals surface area contributed by atoms with E-state index in [1.807, 2.05) is 19.1 Å². The predicted molar refractivity (Wildman–Crippen MR) is 87.3 cm³/mol. The van der Waals surface area contributed by atoms with E-state index < -0.39 is 24.1 Å². The number of esters is 2. The van der Waals surface area contributed by atoms with Gasteiger partial charge in [-0.05, 0) is 37.6 Å². The lowest BCUT2D eigenvalue weighted by atomic mass is 10.1. The van der Waals surface area contributed by atoms with Crippen molar-refractivity contribution < 1.29 is 19.1 Å². The second-order valence-corrected chi connectivity index (χ2v) is 5.19. The summed E-state index contributed by atoms with van der Waals surface area (Å²) in [5.41, 5.74) is 0.955. The SMILES string of the molecule is CCC(OC(=O)c1ccccc1)C(C)OC(=O)c1ccccc1. The van der Waals surface area contributed by atoms with E-state index in [-0.39, 0.29) is 0 Å². The average Bonchev–Trinajstić information content (AvgIpc) is 2.60. The Labute approximate surface area is 136 Å². The van der Waals surface area contributed by atoms with Gasteiger partial charge >= 0.3 is 11.9 Å². The van der Waals surface area contributed by atoms with E-state index in [9.17, 15) is 9.59 Å². The van der Waals surface area contributed by atoms with Crippen LogP contribution in [0.3, 0.4) is 0 Å². The van der Waals surface area contributed by atoms with Crippen molar-refractivity contribution in [2.75, 3.05) is 0 Å². The molecule has 0 aliphatic carbocycles. The predicted octanol–water partition coefficient (Wildman–Crippen LogP) is 3.87. The largest absolute Gasteiger partial charge is 0.455 e. The van der Waals surface area contributed by atoms with Crippen molar-refractivity contribution in [2.45, 2.75) is 32.5 Å². The second-order valence-electron chi connectivity index (χ2n) is 5.19. The summed E-state index contributed by atoms with van der Waals surface area (Å²) in [5.74, 6) is -0.840. The van der Waals surface area contributed by atoms with Crippen LogP contribution < -0.4 is 0 Å². The summed E-state index contributed by atoms with van der Waals surface area (Å²) in [4.78, 5) is 24.2. The van der Waals surface area contributed by atoms with Crippen LogP contribution in [0, 0.1) is 0 Å².